The highest BCUT2D eigenvalue weighted by Crippen LogP contribution is 1.92. The number of esters is 2. The third-order valence-electron chi connectivity index (χ3n) is 0.888. The third-order valence-corrected chi connectivity index (χ3v) is 0.888. The number of rotatable bonds is 3. The fourth-order valence-electron chi connectivity index (χ4n) is 0.552. The van der Waals surface area contributed by atoms with Crippen molar-refractivity contribution in [2.75, 3.05) is 6.61 Å². The van der Waals surface area contributed by atoms with Gasteiger partial charge in [0.2, 0.25) is 0 Å². The summed E-state index contributed by atoms with van der Waals surface area (Å²) in [5, 5.41) is 0. The van der Waals surface area contributed by atoms with Gasteiger partial charge < -0.3 is 9.47 Å². The van der Waals surface area contributed by atoms with E-state index in [-0.39, 0.29) is 24.6 Å². The number of hydrogen-bond acceptors (Lipinski definition) is 4. The standard InChI is InChI=1S/C7H12O4/c1-5(11-7(3)9)4-10-6(2)8/h5H,4H2,1-3H3/t5-/m0/s1. The molecule has 4 heteroatoms. The lowest BCUT2D eigenvalue weighted by Crippen LogP contribution is -2.19. The number of carbonyl (C=O) groups is 2. The van der Waals surface area contributed by atoms with Gasteiger partial charge in [-0.3, -0.25) is 9.59 Å². The molecule has 0 aliphatic rings. The third kappa shape index (κ3) is 6.83. The lowest BCUT2D eigenvalue weighted by atomic mass is 10.4. The van der Waals surface area contributed by atoms with E-state index in [0.717, 1.165) is 0 Å². The summed E-state index contributed by atoms with van der Waals surface area (Å²) in [6, 6.07) is 0. The Kier molecular flexibility index (Phi) is 4.26. The van der Waals surface area contributed by atoms with E-state index in [2.05, 4.69) is 9.47 Å². The topological polar surface area (TPSA) is 52.6 Å². The minimum absolute atomic E-state index is 0.120. The molecule has 1 atom stereocenters. The first-order valence-electron chi connectivity index (χ1n) is 3.33. The Labute approximate surface area is 65.5 Å². The summed E-state index contributed by atoms with van der Waals surface area (Å²) in [6.07, 6.45) is -0.364. The molecular weight excluding hydrogens is 148 g/mol. The summed E-state index contributed by atoms with van der Waals surface area (Å²) < 4.78 is 9.27. The summed E-state index contributed by atoms with van der Waals surface area (Å²) >= 11 is 0. The molecule has 0 spiro atoms. The summed E-state index contributed by atoms with van der Waals surface area (Å²) in [7, 11) is 0. The molecule has 0 aromatic heterocycles. The molecule has 0 aliphatic heterocycles. The predicted octanol–water partition coefficient (Wildman–Crippen LogP) is 0.501. The molecule has 64 valence electrons. The number of carbonyl (C=O) groups excluding carboxylic acids is 2. The fraction of sp³-hybridized carbons (Fsp3) is 0.714. The molecule has 0 unspecified atom stereocenters. The maximum absolute atomic E-state index is 10.3. The van der Waals surface area contributed by atoms with E-state index >= 15 is 0 Å². The highest BCUT2D eigenvalue weighted by molar-refractivity contribution is 5.67. The van der Waals surface area contributed by atoms with Crippen molar-refractivity contribution in [1.82, 2.24) is 0 Å². The minimum atomic E-state index is -0.371. The van der Waals surface area contributed by atoms with E-state index in [1.165, 1.54) is 13.8 Å². The first-order chi connectivity index (χ1) is 5.02. The molecule has 0 aliphatic carbocycles. The SMILES string of the molecule is CC(=O)OC[C@H](C)OC(C)=O. The van der Waals surface area contributed by atoms with Crippen LogP contribution in [0.25, 0.3) is 0 Å². The van der Waals surface area contributed by atoms with Gasteiger partial charge in [-0.05, 0) is 6.92 Å². The van der Waals surface area contributed by atoms with Crippen LogP contribution < -0.4 is 0 Å². The van der Waals surface area contributed by atoms with E-state index in [4.69, 9.17) is 0 Å². The van der Waals surface area contributed by atoms with Crippen molar-refractivity contribution in [2.24, 2.45) is 0 Å². The van der Waals surface area contributed by atoms with Crippen LogP contribution in [0.1, 0.15) is 20.8 Å². The monoisotopic (exact) mass is 160 g/mol. The van der Waals surface area contributed by atoms with Gasteiger partial charge in [0.15, 0.2) is 0 Å². The molecule has 0 bridgehead atoms. The minimum Gasteiger partial charge on any atom is -0.462 e. The number of hydrogen-bond donors (Lipinski definition) is 0. The largest absolute Gasteiger partial charge is 0.462 e. The fourth-order valence-corrected chi connectivity index (χ4v) is 0.552. The van der Waals surface area contributed by atoms with Crippen LogP contribution in [0, 0.1) is 0 Å². The molecule has 0 aromatic carbocycles. The zero-order chi connectivity index (χ0) is 8.85. The van der Waals surface area contributed by atoms with Crippen LogP contribution in [0.2, 0.25) is 0 Å². The Morgan fingerprint density at radius 3 is 2.18 bits per heavy atom. The second-order valence-electron chi connectivity index (χ2n) is 2.22. The lowest BCUT2D eigenvalue weighted by molar-refractivity contribution is -0.155. The van der Waals surface area contributed by atoms with Gasteiger partial charge >= 0.3 is 11.9 Å². The molecule has 0 amide bonds. The second-order valence-corrected chi connectivity index (χ2v) is 2.22. The van der Waals surface area contributed by atoms with Crippen molar-refractivity contribution in [2.45, 2.75) is 26.9 Å². The first-order valence-corrected chi connectivity index (χ1v) is 3.33. The van der Waals surface area contributed by atoms with Crippen molar-refractivity contribution in [1.29, 1.82) is 0 Å². The summed E-state index contributed by atoms with van der Waals surface area (Å²) in [6.45, 7) is 4.39. The van der Waals surface area contributed by atoms with Crippen LogP contribution in [0.3, 0.4) is 0 Å². The molecule has 0 rings (SSSR count). The van der Waals surface area contributed by atoms with Crippen molar-refractivity contribution in [3.63, 3.8) is 0 Å². The first kappa shape index (κ1) is 9.94. The molecule has 0 fully saturated rings. The van der Waals surface area contributed by atoms with Gasteiger partial charge in [0.05, 0.1) is 0 Å². The Morgan fingerprint density at radius 1 is 1.27 bits per heavy atom. The van der Waals surface area contributed by atoms with Gasteiger partial charge in [-0.2, -0.15) is 0 Å². The average Bonchev–Trinajstić information content (AvgIpc) is 1.82. The van der Waals surface area contributed by atoms with E-state index in [9.17, 15) is 9.59 Å². The van der Waals surface area contributed by atoms with Crippen molar-refractivity contribution in [3.05, 3.63) is 0 Å². The zero-order valence-corrected chi connectivity index (χ0v) is 6.92. The van der Waals surface area contributed by atoms with Crippen molar-refractivity contribution < 1.29 is 19.1 Å². The molecule has 0 saturated carbocycles. The van der Waals surface area contributed by atoms with Crippen LogP contribution in [0.15, 0.2) is 0 Å². The van der Waals surface area contributed by atoms with Gasteiger partial charge in [-0.25, -0.2) is 0 Å². The van der Waals surface area contributed by atoms with Gasteiger partial charge in [-0.15, -0.1) is 0 Å². The van der Waals surface area contributed by atoms with Gasteiger partial charge in [0.1, 0.15) is 12.7 Å². The van der Waals surface area contributed by atoms with Gasteiger partial charge in [0.25, 0.3) is 0 Å². The molecule has 4 nitrogen and oxygen atoms in total. The van der Waals surface area contributed by atoms with Gasteiger partial charge in [-0.1, -0.05) is 0 Å². The number of ether oxygens (including phenoxy) is 2. The summed E-state index contributed by atoms with van der Waals surface area (Å²) in [5.41, 5.74) is 0. The Hall–Kier alpha value is -1.06. The van der Waals surface area contributed by atoms with Crippen LogP contribution >= 0.6 is 0 Å². The maximum Gasteiger partial charge on any atom is 0.303 e. The smallest absolute Gasteiger partial charge is 0.303 e. The van der Waals surface area contributed by atoms with Crippen LogP contribution in [-0.2, 0) is 19.1 Å². The van der Waals surface area contributed by atoms with Crippen molar-refractivity contribution in [3.8, 4) is 0 Å². The normalized spacial score (nSPS) is 11.9. The van der Waals surface area contributed by atoms with Crippen LogP contribution in [-0.4, -0.2) is 24.6 Å². The average molecular weight is 160 g/mol. The summed E-state index contributed by atoms with van der Waals surface area (Å²) in [4.78, 5) is 20.6. The van der Waals surface area contributed by atoms with Crippen molar-refractivity contribution >= 4 is 11.9 Å². The van der Waals surface area contributed by atoms with E-state index < -0.39 is 0 Å². The summed E-state index contributed by atoms with van der Waals surface area (Å²) in [5.74, 6) is -0.742. The van der Waals surface area contributed by atoms with Crippen LogP contribution in [0.4, 0.5) is 0 Å². The quantitative estimate of drug-likeness (QED) is 0.564. The molecule has 11 heavy (non-hydrogen) atoms. The molecule has 0 aromatic rings. The maximum atomic E-state index is 10.3. The van der Waals surface area contributed by atoms with E-state index in [0.29, 0.717) is 0 Å². The molecule has 0 N–H and O–H groups in total. The van der Waals surface area contributed by atoms with Gasteiger partial charge in [0, 0.05) is 13.8 Å². The highest BCUT2D eigenvalue weighted by Gasteiger charge is 2.06. The lowest BCUT2D eigenvalue weighted by Gasteiger charge is -2.10. The predicted molar refractivity (Wildman–Crippen MR) is 37.9 cm³/mol. The Morgan fingerprint density at radius 2 is 1.82 bits per heavy atom. The molecular formula is C7H12O4. The second kappa shape index (κ2) is 4.71. The van der Waals surface area contributed by atoms with E-state index in [1.807, 2.05) is 0 Å². The Balaban J connectivity index is 3.44. The highest BCUT2D eigenvalue weighted by atomic mass is 16.6. The zero-order valence-electron chi connectivity index (χ0n) is 6.92. The molecule has 0 saturated heterocycles. The van der Waals surface area contributed by atoms with E-state index in [1.54, 1.807) is 6.92 Å². The Bertz CT molecular complexity index is 153. The molecule has 0 heterocycles. The van der Waals surface area contributed by atoms with Crippen LogP contribution in [0.5, 0.6) is 0 Å². The molecule has 0 radical (unpaired) electrons.